The Bertz CT molecular complexity index is 521. The van der Waals surface area contributed by atoms with E-state index in [-0.39, 0.29) is 5.92 Å². The molecule has 0 spiro atoms. The average molecular weight is 295 g/mol. The van der Waals surface area contributed by atoms with Crippen molar-refractivity contribution in [1.29, 1.82) is 0 Å². The summed E-state index contributed by atoms with van der Waals surface area (Å²) in [6.07, 6.45) is 0.593. The minimum absolute atomic E-state index is 0.155. The maximum absolute atomic E-state index is 12.9. The molecule has 2 heteroatoms. The van der Waals surface area contributed by atoms with Gasteiger partial charge in [-0.1, -0.05) is 74.5 Å². The van der Waals surface area contributed by atoms with Crippen molar-refractivity contribution in [2.75, 3.05) is 19.6 Å². The maximum atomic E-state index is 12.9. The lowest BCUT2D eigenvalue weighted by Gasteiger charge is -2.21. The molecule has 0 atom stereocenters. The lowest BCUT2D eigenvalue weighted by Crippen LogP contribution is -2.27. The number of carbonyl (C=O) groups excluding carboxylic acids is 1. The smallest absolute Gasteiger partial charge is 0.146 e. The van der Waals surface area contributed by atoms with E-state index >= 15 is 0 Å². The Balaban J connectivity index is 2.20. The largest absolute Gasteiger partial charge is 0.303 e. The fraction of sp³-hybridized carbons (Fsp3) is 0.350. The first kappa shape index (κ1) is 16.4. The molecule has 0 aliphatic rings. The highest BCUT2D eigenvalue weighted by molar-refractivity contribution is 5.89. The van der Waals surface area contributed by atoms with Crippen LogP contribution in [0.2, 0.25) is 0 Å². The number of Topliss-reactive ketones (excluding diaryl/α,β-unsaturated/α-hetero) is 1. The molecule has 2 aromatic rings. The Hall–Kier alpha value is -1.93. The van der Waals surface area contributed by atoms with Gasteiger partial charge in [-0.25, -0.2) is 0 Å². The monoisotopic (exact) mass is 295 g/mol. The summed E-state index contributed by atoms with van der Waals surface area (Å²) in [5.74, 6) is 0.141. The summed E-state index contributed by atoms with van der Waals surface area (Å²) in [6.45, 7) is 7.10. The normalized spacial score (nSPS) is 11.1. The van der Waals surface area contributed by atoms with Crippen LogP contribution in [0.1, 0.15) is 37.3 Å². The second-order valence-electron chi connectivity index (χ2n) is 5.50. The number of benzene rings is 2. The van der Waals surface area contributed by atoms with Crippen molar-refractivity contribution in [3.63, 3.8) is 0 Å². The topological polar surface area (TPSA) is 20.3 Å². The van der Waals surface area contributed by atoms with E-state index in [9.17, 15) is 4.79 Å². The van der Waals surface area contributed by atoms with Crippen LogP contribution in [-0.2, 0) is 4.79 Å². The predicted octanol–water partition coefficient (Wildman–Crippen LogP) is 4.12. The molecule has 0 saturated carbocycles. The molecule has 0 amide bonds. The summed E-state index contributed by atoms with van der Waals surface area (Å²) >= 11 is 0. The minimum Gasteiger partial charge on any atom is -0.303 e. The van der Waals surface area contributed by atoms with Gasteiger partial charge in [-0.15, -0.1) is 0 Å². The van der Waals surface area contributed by atoms with Crippen molar-refractivity contribution >= 4 is 5.78 Å². The second kappa shape index (κ2) is 8.50. The van der Waals surface area contributed by atoms with Crippen LogP contribution in [0.25, 0.3) is 0 Å². The first-order chi connectivity index (χ1) is 10.8. The highest BCUT2D eigenvalue weighted by Gasteiger charge is 2.22. The SMILES string of the molecule is CCN(CC)CCC(=O)C(c1ccccc1)c1ccccc1. The first-order valence-corrected chi connectivity index (χ1v) is 8.11. The quantitative estimate of drug-likeness (QED) is 0.730. The van der Waals surface area contributed by atoms with Crippen molar-refractivity contribution in [2.45, 2.75) is 26.2 Å². The van der Waals surface area contributed by atoms with E-state index in [0.29, 0.717) is 12.2 Å². The van der Waals surface area contributed by atoms with Gasteiger partial charge in [0.1, 0.15) is 5.78 Å². The molecule has 0 heterocycles. The molecule has 0 unspecified atom stereocenters. The van der Waals surface area contributed by atoms with Gasteiger partial charge in [-0.2, -0.15) is 0 Å². The first-order valence-electron chi connectivity index (χ1n) is 8.11. The van der Waals surface area contributed by atoms with Gasteiger partial charge in [0.25, 0.3) is 0 Å². The maximum Gasteiger partial charge on any atom is 0.146 e. The molecule has 2 aromatic carbocycles. The van der Waals surface area contributed by atoms with Gasteiger partial charge in [0.2, 0.25) is 0 Å². The van der Waals surface area contributed by atoms with Gasteiger partial charge in [0.15, 0.2) is 0 Å². The van der Waals surface area contributed by atoms with E-state index in [1.54, 1.807) is 0 Å². The lowest BCUT2D eigenvalue weighted by atomic mass is 9.86. The summed E-state index contributed by atoms with van der Waals surface area (Å²) in [4.78, 5) is 15.2. The molecule has 116 valence electrons. The summed E-state index contributed by atoms with van der Waals surface area (Å²) < 4.78 is 0. The molecule has 0 saturated heterocycles. The van der Waals surface area contributed by atoms with Gasteiger partial charge in [-0.05, 0) is 24.2 Å². The zero-order chi connectivity index (χ0) is 15.8. The predicted molar refractivity (Wildman–Crippen MR) is 92.1 cm³/mol. The van der Waals surface area contributed by atoms with Gasteiger partial charge in [0, 0.05) is 13.0 Å². The van der Waals surface area contributed by atoms with Crippen LogP contribution in [0.3, 0.4) is 0 Å². The molecule has 0 aromatic heterocycles. The third kappa shape index (κ3) is 4.28. The van der Waals surface area contributed by atoms with Gasteiger partial charge in [-0.3, -0.25) is 4.79 Å². The molecular formula is C20H25NO. The van der Waals surface area contributed by atoms with Crippen LogP contribution in [-0.4, -0.2) is 30.3 Å². The Labute approximate surface area is 133 Å². The van der Waals surface area contributed by atoms with Crippen molar-refractivity contribution in [3.05, 3.63) is 71.8 Å². The van der Waals surface area contributed by atoms with Gasteiger partial charge in [0.05, 0.1) is 5.92 Å². The summed E-state index contributed by atoms with van der Waals surface area (Å²) in [6, 6.07) is 20.2. The zero-order valence-corrected chi connectivity index (χ0v) is 13.5. The number of carbonyl (C=O) groups is 1. The van der Waals surface area contributed by atoms with Crippen LogP contribution in [0.5, 0.6) is 0 Å². The lowest BCUT2D eigenvalue weighted by molar-refractivity contribution is -0.120. The highest BCUT2D eigenvalue weighted by atomic mass is 16.1. The third-order valence-corrected chi connectivity index (χ3v) is 4.16. The van der Waals surface area contributed by atoms with E-state index in [1.165, 1.54) is 0 Å². The van der Waals surface area contributed by atoms with Gasteiger partial charge < -0.3 is 4.90 Å². The van der Waals surface area contributed by atoms with E-state index < -0.39 is 0 Å². The highest BCUT2D eigenvalue weighted by Crippen LogP contribution is 2.26. The van der Waals surface area contributed by atoms with Crippen LogP contribution < -0.4 is 0 Å². The summed E-state index contributed by atoms with van der Waals surface area (Å²) in [7, 11) is 0. The molecular weight excluding hydrogens is 270 g/mol. The Morgan fingerprint density at radius 2 is 1.32 bits per heavy atom. The Morgan fingerprint density at radius 3 is 1.73 bits per heavy atom. The molecule has 2 rings (SSSR count). The molecule has 0 radical (unpaired) electrons. The average Bonchev–Trinajstić information content (AvgIpc) is 2.58. The van der Waals surface area contributed by atoms with Crippen LogP contribution in [0, 0.1) is 0 Å². The standard InChI is InChI=1S/C20H25NO/c1-3-21(4-2)16-15-19(22)20(17-11-7-5-8-12-17)18-13-9-6-10-14-18/h5-14,20H,3-4,15-16H2,1-2H3. The summed E-state index contributed by atoms with van der Waals surface area (Å²) in [5.41, 5.74) is 2.16. The van der Waals surface area contributed by atoms with E-state index in [2.05, 4.69) is 18.7 Å². The van der Waals surface area contributed by atoms with Crippen molar-refractivity contribution in [2.24, 2.45) is 0 Å². The molecule has 0 N–H and O–H groups in total. The number of nitrogens with zero attached hydrogens (tertiary/aromatic N) is 1. The molecule has 0 aliphatic heterocycles. The zero-order valence-electron chi connectivity index (χ0n) is 13.5. The summed E-state index contributed by atoms with van der Waals surface area (Å²) in [5, 5.41) is 0. The van der Waals surface area contributed by atoms with Crippen LogP contribution in [0.4, 0.5) is 0 Å². The Kier molecular flexibility index (Phi) is 6.35. The van der Waals surface area contributed by atoms with Gasteiger partial charge >= 0.3 is 0 Å². The molecule has 0 fully saturated rings. The molecule has 0 bridgehead atoms. The van der Waals surface area contributed by atoms with Crippen LogP contribution >= 0.6 is 0 Å². The van der Waals surface area contributed by atoms with E-state index in [4.69, 9.17) is 0 Å². The third-order valence-electron chi connectivity index (χ3n) is 4.16. The van der Waals surface area contributed by atoms with Crippen molar-refractivity contribution < 1.29 is 4.79 Å². The van der Waals surface area contributed by atoms with Crippen molar-refractivity contribution in [3.8, 4) is 0 Å². The fourth-order valence-electron chi connectivity index (χ4n) is 2.81. The number of ketones is 1. The molecule has 2 nitrogen and oxygen atoms in total. The minimum atomic E-state index is -0.155. The Morgan fingerprint density at radius 1 is 0.864 bits per heavy atom. The number of rotatable bonds is 8. The molecule has 0 aliphatic carbocycles. The van der Waals surface area contributed by atoms with Crippen LogP contribution in [0.15, 0.2) is 60.7 Å². The van der Waals surface area contributed by atoms with E-state index in [0.717, 1.165) is 30.8 Å². The number of hydrogen-bond acceptors (Lipinski definition) is 2. The van der Waals surface area contributed by atoms with E-state index in [1.807, 2.05) is 60.7 Å². The van der Waals surface area contributed by atoms with Crippen molar-refractivity contribution in [1.82, 2.24) is 4.90 Å². The second-order valence-corrected chi connectivity index (χ2v) is 5.50. The number of hydrogen-bond donors (Lipinski definition) is 0. The molecule has 22 heavy (non-hydrogen) atoms. The fourth-order valence-corrected chi connectivity index (χ4v) is 2.81.